The van der Waals surface area contributed by atoms with Crippen LogP contribution >= 0.6 is 11.6 Å². The van der Waals surface area contributed by atoms with Gasteiger partial charge in [-0.1, -0.05) is 12.1 Å². The first-order valence-corrected chi connectivity index (χ1v) is 5.98. The van der Waals surface area contributed by atoms with Gasteiger partial charge in [0.2, 0.25) is 0 Å². The number of rotatable bonds is 3. The second-order valence-electron chi connectivity index (χ2n) is 4.01. The van der Waals surface area contributed by atoms with E-state index in [1.807, 2.05) is 49.8 Å². The molecule has 0 aliphatic rings. The summed E-state index contributed by atoms with van der Waals surface area (Å²) in [5.41, 5.74) is 2.95. The Bertz CT molecular complexity index is 534. The summed E-state index contributed by atoms with van der Waals surface area (Å²) in [6, 6.07) is 7.78. The summed E-state index contributed by atoms with van der Waals surface area (Å²) in [4.78, 5) is 0. The van der Waals surface area contributed by atoms with Crippen molar-refractivity contribution in [3.63, 3.8) is 0 Å². The van der Waals surface area contributed by atoms with Crippen LogP contribution in [0, 0.1) is 13.8 Å². The zero-order chi connectivity index (χ0) is 12.4. The fraction of sp³-hybridized carbons (Fsp3) is 0.308. The van der Waals surface area contributed by atoms with Crippen molar-refractivity contribution in [2.45, 2.75) is 19.7 Å². The molecule has 4 heteroatoms. The highest BCUT2D eigenvalue weighted by molar-refractivity contribution is 6.17. The second kappa shape index (κ2) is 4.80. The van der Waals surface area contributed by atoms with Gasteiger partial charge in [0.15, 0.2) is 5.75 Å². The molecule has 0 unspecified atom stereocenters. The summed E-state index contributed by atoms with van der Waals surface area (Å²) in [6.45, 7) is 3.93. The topological polar surface area (TPSA) is 27.1 Å². The maximum Gasteiger partial charge on any atom is 0.171 e. The number of halogens is 1. The monoisotopic (exact) mass is 250 g/mol. The Kier molecular flexibility index (Phi) is 3.38. The molecule has 2 rings (SSSR count). The van der Waals surface area contributed by atoms with E-state index >= 15 is 0 Å². The van der Waals surface area contributed by atoms with E-state index in [0.717, 1.165) is 28.5 Å². The van der Waals surface area contributed by atoms with Crippen molar-refractivity contribution in [1.82, 2.24) is 9.78 Å². The van der Waals surface area contributed by atoms with E-state index < -0.39 is 0 Å². The molecule has 0 N–H and O–H groups in total. The molecular weight excluding hydrogens is 236 g/mol. The highest BCUT2D eigenvalue weighted by Crippen LogP contribution is 2.28. The van der Waals surface area contributed by atoms with Crippen molar-refractivity contribution in [2.24, 2.45) is 7.05 Å². The number of alkyl halides is 1. The van der Waals surface area contributed by atoms with Gasteiger partial charge in [0.05, 0.1) is 5.69 Å². The quantitative estimate of drug-likeness (QED) is 0.779. The third-order valence-corrected chi connectivity index (χ3v) is 3.02. The summed E-state index contributed by atoms with van der Waals surface area (Å²) in [5, 5.41) is 4.31. The Hall–Kier alpha value is -1.48. The highest BCUT2D eigenvalue weighted by atomic mass is 35.5. The molecule has 90 valence electrons. The first-order chi connectivity index (χ1) is 8.11. The zero-order valence-electron chi connectivity index (χ0n) is 10.2. The second-order valence-corrected chi connectivity index (χ2v) is 4.27. The van der Waals surface area contributed by atoms with Crippen LogP contribution < -0.4 is 4.74 Å². The van der Waals surface area contributed by atoms with Crippen molar-refractivity contribution in [3.8, 4) is 11.5 Å². The lowest BCUT2D eigenvalue weighted by molar-refractivity contribution is 0.473. The largest absolute Gasteiger partial charge is 0.453 e. The minimum absolute atomic E-state index is 0.488. The van der Waals surface area contributed by atoms with E-state index in [0.29, 0.717) is 5.88 Å². The number of hydrogen-bond acceptors (Lipinski definition) is 2. The number of ether oxygens (including phenoxy) is 1. The smallest absolute Gasteiger partial charge is 0.171 e. The van der Waals surface area contributed by atoms with Gasteiger partial charge in [0.25, 0.3) is 0 Å². The van der Waals surface area contributed by atoms with Crippen LogP contribution in [0.5, 0.6) is 11.5 Å². The average molecular weight is 251 g/mol. The van der Waals surface area contributed by atoms with Gasteiger partial charge in [-0.05, 0) is 31.5 Å². The summed E-state index contributed by atoms with van der Waals surface area (Å²) in [7, 11) is 1.91. The van der Waals surface area contributed by atoms with Crippen LogP contribution in [0.3, 0.4) is 0 Å². The van der Waals surface area contributed by atoms with E-state index in [4.69, 9.17) is 16.3 Å². The molecule has 0 saturated carbocycles. The fourth-order valence-corrected chi connectivity index (χ4v) is 1.88. The molecule has 0 atom stereocenters. The van der Waals surface area contributed by atoms with Crippen molar-refractivity contribution >= 4 is 11.6 Å². The number of nitrogens with zero attached hydrogens (tertiary/aromatic N) is 2. The number of hydrogen-bond donors (Lipinski definition) is 0. The summed E-state index contributed by atoms with van der Waals surface area (Å²) in [6.07, 6.45) is 0. The Morgan fingerprint density at radius 1 is 1.35 bits per heavy atom. The summed E-state index contributed by atoms with van der Waals surface area (Å²) < 4.78 is 7.68. The molecule has 0 aliphatic carbocycles. The lowest BCUT2D eigenvalue weighted by Crippen LogP contribution is -1.93. The van der Waals surface area contributed by atoms with E-state index in [9.17, 15) is 0 Å². The van der Waals surface area contributed by atoms with Crippen LogP contribution in [0.2, 0.25) is 0 Å². The van der Waals surface area contributed by atoms with Crippen molar-refractivity contribution in [3.05, 3.63) is 41.2 Å². The number of aromatic nitrogens is 2. The van der Waals surface area contributed by atoms with Crippen LogP contribution in [-0.2, 0) is 12.9 Å². The Balaban J connectivity index is 2.31. The first-order valence-electron chi connectivity index (χ1n) is 5.44. The highest BCUT2D eigenvalue weighted by Gasteiger charge is 2.11. The summed E-state index contributed by atoms with van der Waals surface area (Å²) in [5.74, 6) is 2.10. The van der Waals surface area contributed by atoms with Gasteiger partial charge < -0.3 is 4.74 Å². The van der Waals surface area contributed by atoms with E-state index in [1.54, 1.807) is 0 Å². The van der Waals surface area contributed by atoms with Gasteiger partial charge >= 0.3 is 0 Å². The standard InChI is InChI=1S/C13H15ClN2O/c1-9-13(10(2)16(3)15-9)17-12-6-4-5-11(7-12)8-14/h4-7H,8H2,1-3H3. The van der Waals surface area contributed by atoms with Gasteiger partial charge in [-0.3, -0.25) is 4.68 Å². The lowest BCUT2D eigenvalue weighted by atomic mass is 10.2. The lowest BCUT2D eigenvalue weighted by Gasteiger charge is -2.07. The maximum absolute atomic E-state index is 5.86. The maximum atomic E-state index is 5.86. The molecule has 0 fully saturated rings. The molecule has 1 aromatic heterocycles. The van der Waals surface area contributed by atoms with Crippen LogP contribution in [0.15, 0.2) is 24.3 Å². The molecule has 0 aliphatic heterocycles. The van der Waals surface area contributed by atoms with Crippen molar-refractivity contribution in [2.75, 3.05) is 0 Å². The molecular formula is C13H15ClN2O. The van der Waals surface area contributed by atoms with E-state index in [2.05, 4.69) is 5.10 Å². The van der Waals surface area contributed by atoms with Crippen LogP contribution in [-0.4, -0.2) is 9.78 Å². The SMILES string of the molecule is Cc1nn(C)c(C)c1Oc1cccc(CCl)c1. The van der Waals surface area contributed by atoms with Crippen molar-refractivity contribution in [1.29, 1.82) is 0 Å². The van der Waals surface area contributed by atoms with Gasteiger partial charge in [0.1, 0.15) is 11.4 Å². The average Bonchev–Trinajstić information content (AvgIpc) is 2.56. The fourth-order valence-electron chi connectivity index (χ4n) is 1.71. The zero-order valence-corrected chi connectivity index (χ0v) is 11.0. The summed E-state index contributed by atoms with van der Waals surface area (Å²) >= 11 is 5.80. The third kappa shape index (κ3) is 2.44. The van der Waals surface area contributed by atoms with Crippen LogP contribution in [0.25, 0.3) is 0 Å². The molecule has 3 nitrogen and oxygen atoms in total. The molecule has 2 aromatic rings. The normalized spacial score (nSPS) is 10.6. The minimum Gasteiger partial charge on any atom is -0.453 e. The molecule has 1 aromatic carbocycles. The van der Waals surface area contributed by atoms with Crippen LogP contribution in [0.4, 0.5) is 0 Å². The molecule has 0 radical (unpaired) electrons. The van der Waals surface area contributed by atoms with Gasteiger partial charge in [0, 0.05) is 12.9 Å². The Morgan fingerprint density at radius 2 is 2.12 bits per heavy atom. The van der Waals surface area contributed by atoms with Gasteiger partial charge in [-0.2, -0.15) is 5.10 Å². The molecule has 0 spiro atoms. The predicted molar refractivity (Wildman–Crippen MR) is 68.8 cm³/mol. The van der Waals surface area contributed by atoms with Gasteiger partial charge in [-0.15, -0.1) is 11.6 Å². The Labute approximate surface area is 106 Å². The number of aryl methyl sites for hydroxylation is 2. The predicted octanol–water partition coefficient (Wildman–Crippen LogP) is 3.57. The van der Waals surface area contributed by atoms with Crippen LogP contribution in [0.1, 0.15) is 17.0 Å². The van der Waals surface area contributed by atoms with E-state index in [-0.39, 0.29) is 0 Å². The first kappa shape index (κ1) is 12.0. The van der Waals surface area contributed by atoms with Gasteiger partial charge in [-0.25, -0.2) is 0 Å². The number of benzene rings is 1. The molecule has 0 amide bonds. The Morgan fingerprint density at radius 3 is 2.71 bits per heavy atom. The molecule has 0 saturated heterocycles. The molecule has 0 bridgehead atoms. The molecule has 1 heterocycles. The molecule has 17 heavy (non-hydrogen) atoms. The van der Waals surface area contributed by atoms with Crippen molar-refractivity contribution < 1.29 is 4.74 Å². The minimum atomic E-state index is 0.488. The third-order valence-electron chi connectivity index (χ3n) is 2.72. The van der Waals surface area contributed by atoms with E-state index in [1.165, 1.54) is 0 Å².